The van der Waals surface area contributed by atoms with E-state index in [0.29, 0.717) is 13.0 Å². The highest BCUT2D eigenvalue weighted by atomic mass is 16.2. The van der Waals surface area contributed by atoms with Crippen molar-refractivity contribution in [3.05, 3.63) is 42.0 Å². The number of nitrogens with one attached hydrogen (secondary N) is 2. The fourth-order valence-corrected chi connectivity index (χ4v) is 4.12. The van der Waals surface area contributed by atoms with E-state index in [-0.39, 0.29) is 11.3 Å². The molecular weight excluding hydrogens is 338 g/mol. The van der Waals surface area contributed by atoms with Gasteiger partial charge in [-0.05, 0) is 30.7 Å². The molecule has 3 heterocycles. The van der Waals surface area contributed by atoms with Crippen LogP contribution in [0.4, 0.5) is 5.69 Å². The van der Waals surface area contributed by atoms with Crippen molar-refractivity contribution >= 4 is 33.5 Å². The molecule has 4 aromatic rings. The van der Waals surface area contributed by atoms with Gasteiger partial charge in [-0.3, -0.25) is 9.89 Å². The number of para-hydroxylation sites is 1. The van der Waals surface area contributed by atoms with Gasteiger partial charge in [-0.1, -0.05) is 32.0 Å². The molecule has 2 N–H and O–H groups in total. The van der Waals surface area contributed by atoms with E-state index in [0.717, 1.165) is 39.1 Å². The van der Waals surface area contributed by atoms with Crippen molar-refractivity contribution in [1.82, 2.24) is 20.2 Å². The predicted octanol–water partition coefficient (Wildman–Crippen LogP) is 4.14. The summed E-state index contributed by atoms with van der Waals surface area (Å²) >= 11 is 0. The van der Waals surface area contributed by atoms with E-state index >= 15 is 0 Å². The smallest absolute Gasteiger partial charge is 0.227 e. The van der Waals surface area contributed by atoms with Gasteiger partial charge in [0.15, 0.2) is 5.82 Å². The Kier molecular flexibility index (Phi) is 3.22. The standard InChI is InChI=1S/C21H21N5O/c1-4-26-17-10-16-15(9-13(17)21(2,3)11-18(26)27)22-20(23-16)19-12-7-5-6-8-14(12)24-25-19/h5-10H,4,11H2,1-3H3,(H,22,23)(H,24,25). The number of nitrogens with zero attached hydrogens (tertiary/aromatic N) is 3. The summed E-state index contributed by atoms with van der Waals surface area (Å²) in [6, 6.07) is 12.2. The van der Waals surface area contributed by atoms with E-state index in [2.05, 4.69) is 41.2 Å². The zero-order valence-electron chi connectivity index (χ0n) is 15.6. The summed E-state index contributed by atoms with van der Waals surface area (Å²) in [6.07, 6.45) is 0.515. The Balaban J connectivity index is 1.72. The lowest BCUT2D eigenvalue weighted by Crippen LogP contribution is -2.41. The van der Waals surface area contributed by atoms with Crippen LogP contribution in [0.5, 0.6) is 0 Å². The number of carbonyl (C=O) groups is 1. The zero-order chi connectivity index (χ0) is 18.8. The second-order valence-electron chi connectivity index (χ2n) is 7.79. The van der Waals surface area contributed by atoms with Gasteiger partial charge in [0.1, 0.15) is 5.69 Å². The van der Waals surface area contributed by atoms with Gasteiger partial charge >= 0.3 is 0 Å². The number of imidazole rings is 1. The number of anilines is 1. The maximum absolute atomic E-state index is 12.6. The quantitative estimate of drug-likeness (QED) is 0.565. The number of hydrogen-bond donors (Lipinski definition) is 2. The largest absolute Gasteiger partial charge is 0.337 e. The highest BCUT2D eigenvalue weighted by Crippen LogP contribution is 2.42. The molecular formula is C21H21N5O. The molecule has 2 aromatic heterocycles. The van der Waals surface area contributed by atoms with E-state index in [4.69, 9.17) is 4.98 Å². The van der Waals surface area contributed by atoms with Gasteiger partial charge in [-0.2, -0.15) is 5.10 Å². The van der Waals surface area contributed by atoms with Crippen LogP contribution in [0.2, 0.25) is 0 Å². The Bertz CT molecular complexity index is 1200. The number of benzene rings is 2. The average Bonchev–Trinajstić information content (AvgIpc) is 3.23. The molecule has 6 heteroatoms. The summed E-state index contributed by atoms with van der Waals surface area (Å²) in [6.45, 7) is 6.92. The normalized spacial score (nSPS) is 16.3. The van der Waals surface area contributed by atoms with Crippen LogP contribution >= 0.6 is 0 Å². The third kappa shape index (κ3) is 2.29. The SMILES string of the molecule is CCN1C(=O)CC(C)(C)c2cc3nc(-c4n[nH]c5ccccc45)[nH]c3cc21. The van der Waals surface area contributed by atoms with Crippen LogP contribution in [0.3, 0.4) is 0 Å². The Hall–Kier alpha value is -3.15. The summed E-state index contributed by atoms with van der Waals surface area (Å²) in [4.78, 5) is 22.6. The first kappa shape index (κ1) is 16.1. The fourth-order valence-electron chi connectivity index (χ4n) is 4.12. The van der Waals surface area contributed by atoms with Gasteiger partial charge in [-0.25, -0.2) is 4.98 Å². The van der Waals surface area contributed by atoms with Crippen LogP contribution in [0.1, 0.15) is 32.8 Å². The van der Waals surface area contributed by atoms with Gasteiger partial charge in [-0.15, -0.1) is 0 Å². The van der Waals surface area contributed by atoms with Crippen LogP contribution in [0.25, 0.3) is 33.5 Å². The molecule has 2 aromatic carbocycles. The molecule has 0 aliphatic carbocycles. The summed E-state index contributed by atoms with van der Waals surface area (Å²) in [5.74, 6) is 0.907. The van der Waals surface area contributed by atoms with Crippen molar-refractivity contribution < 1.29 is 4.79 Å². The van der Waals surface area contributed by atoms with Gasteiger partial charge in [0, 0.05) is 29.5 Å². The molecule has 0 spiro atoms. The van der Waals surface area contributed by atoms with Gasteiger partial charge in [0.25, 0.3) is 0 Å². The molecule has 136 valence electrons. The lowest BCUT2D eigenvalue weighted by Gasteiger charge is -2.38. The number of fused-ring (bicyclic) bond motifs is 3. The monoisotopic (exact) mass is 359 g/mol. The molecule has 1 aliphatic rings. The van der Waals surface area contributed by atoms with Crippen LogP contribution in [0.15, 0.2) is 36.4 Å². The lowest BCUT2D eigenvalue weighted by molar-refractivity contribution is -0.120. The second kappa shape index (κ2) is 5.42. The first-order chi connectivity index (χ1) is 13.0. The number of amides is 1. The molecule has 27 heavy (non-hydrogen) atoms. The molecule has 0 saturated carbocycles. The van der Waals surface area contributed by atoms with E-state index in [1.807, 2.05) is 36.1 Å². The van der Waals surface area contributed by atoms with Gasteiger partial charge < -0.3 is 9.88 Å². The average molecular weight is 359 g/mol. The Morgan fingerprint density at radius 1 is 1.19 bits per heavy atom. The van der Waals surface area contributed by atoms with Crippen LogP contribution in [-0.4, -0.2) is 32.6 Å². The summed E-state index contributed by atoms with van der Waals surface area (Å²) in [7, 11) is 0. The number of aromatic amines is 2. The first-order valence-corrected chi connectivity index (χ1v) is 9.26. The predicted molar refractivity (Wildman–Crippen MR) is 107 cm³/mol. The molecule has 0 atom stereocenters. The Labute approximate surface area is 156 Å². The molecule has 1 amide bonds. The highest BCUT2D eigenvalue weighted by Gasteiger charge is 2.36. The molecule has 0 bridgehead atoms. The van der Waals surface area contributed by atoms with Gasteiger partial charge in [0.2, 0.25) is 5.91 Å². The molecule has 0 radical (unpaired) electrons. The van der Waals surface area contributed by atoms with Crippen LogP contribution in [-0.2, 0) is 10.2 Å². The van der Waals surface area contributed by atoms with Crippen molar-refractivity contribution in [2.45, 2.75) is 32.6 Å². The van der Waals surface area contributed by atoms with Crippen molar-refractivity contribution in [3.8, 4) is 11.5 Å². The molecule has 1 aliphatic heterocycles. The van der Waals surface area contributed by atoms with E-state index in [9.17, 15) is 4.79 Å². The lowest BCUT2D eigenvalue weighted by atomic mass is 9.77. The summed E-state index contributed by atoms with van der Waals surface area (Å²) in [5.41, 5.74) is 5.55. The number of aromatic nitrogens is 4. The minimum Gasteiger partial charge on any atom is -0.337 e. The Morgan fingerprint density at radius 2 is 2.00 bits per heavy atom. The fraction of sp³-hybridized carbons (Fsp3) is 0.286. The Morgan fingerprint density at radius 3 is 2.81 bits per heavy atom. The topological polar surface area (TPSA) is 77.7 Å². The van der Waals surface area contributed by atoms with Crippen molar-refractivity contribution in [3.63, 3.8) is 0 Å². The number of H-pyrrole nitrogens is 2. The maximum atomic E-state index is 12.6. The van der Waals surface area contributed by atoms with Crippen molar-refractivity contribution in [2.75, 3.05) is 11.4 Å². The van der Waals surface area contributed by atoms with E-state index in [1.165, 1.54) is 5.56 Å². The third-order valence-corrected chi connectivity index (χ3v) is 5.52. The van der Waals surface area contributed by atoms with Crippen molar-refractivity contribution in [1.29, 1.82) is 0 Å². The maximum Gasteiger partial charge on any atom is 0.227 e. The first-order valence-electron chi connectivity index (χ1n) is 9.26. The minimum absolute atomic E-state index is 0.174. The minimum atomic E-state index is -0.204. The zero-order valence-corrected chi connectivity index (χ0v) is 15.6. The van der Waals surface area contributed by atoms with E-state index in [1.54, 1.807) is 0 Å². The summed E-state index contributed by atoms with van der Waals surface area (Å²) in [5, 5.41) is 8.54. The van der Waals surface area contributed by atoms with Crippen LogP contribution < -0.4 is 4.90 Å². The van der Waals surface area contributed by atoms with E-state index < -0.39 is 0 Å². The van der Waals surface area contributed by atoms with Crippen molar-refractivity contribution in [2.24, 2.45) is 0 Å². The molecule has 0 saturated heterocycles. The second-order valence-corrected chi connectivity index (χ2v) is 7.79. The number of rotatable bonds is 2. The van der Waals surface area contributed by atoms with Gasteiger partial charge in [0.05, 0.1) is 16.6 Å². The highest BCUT2D eigenvalue weighted by molar-refractivity contribution is 6.01. The molecule has 5 rings (SSSR count). The summed E-state index contributed by atoms with van der Waals surface area (Å²) < 4.78 is 0. The number of carbonyl (C=O) groups excluding carboxylic acids is 1. The molecule has 0 unspecified atom stereocenters. The molecule has 0 fully saturated rings. The number of hydrogen-bond acceptors (Lipinski definition) is 3. The third-order valence-electron chi connectivity index (χ3n) is 5.52. The van der Waals surface area contributed by atoms with Crippen LogP contribution in [0, 0.1) is 0 Å². The molecule has 6 nitrogen and oxygen atoms in total.